The summed E-state index contributed by atoms with van der Waals surface area (Å²) < 4.78 is 19.2. The summed E-state index contributed by atoms with van der Waals surface area (Å²) in [6.45, 7) is 4.12. The smallest absolute Gasteiger partial charge is 0.203 e. The maximum absolute atomic E-state index is 13.3. The molecule has 0 aliphatic carbocycles. The third-order valence-corrected chi connectivity index (χ3v) is 6.42. The Hall–Kier alpha value is -1.49. The highest BCUT2D eigenvalue weighted by Crippen LogP contribution is 2.53. The first-order valence-electron chi connectivity index (χ1n) is 8.49. The van der Waals surface area contributed by atoms with Crippen LogP contribution in [0.1, 0.15) is 43.4 Å². The summed E-state index contributed by atoms with van der Waals surface area (Å²) in [6, 6.07) is 17.0. The quantitative estimate of drug-likeness (QED) is 0.769. The van der Waals surface area contributed by atoms with Crippen LogP contribution in [0, 0.1) is 6.92 Å². The van der Waals surface area contributed by atoms with Gasteiger partial charge in [0.15, 0.2) is 0 Å². The number of benzene rings is 2. The zero-order valence-electron chi connectivity index (χ0n) is 14.1. The van der Waals surface area contributed by atoms with E-state index in [1.807, 2.05) is 61.5 Å². The molecule has 1 unspecified atom stereocenters. The van der Waals surface area contributed by atoms with E-state index in [4.69, 9.17) is 4.74 Å². The van der Waals surface area contributed by atoms with Crippen LogP contribution in [0.4, 0.5) is 0 Å². The van der Waals surface area contributed by atoms with Gasteiger partial charge >= 0.3 is 0 Å². The first-order valence-corrected chi connectivity index (χ1v) is 9.64. The van der Waals surface area contributed by atoms with Crippen molar-refractivity contribution in [2.75, 3.05) is 0 Å². The maximum Gasteiger partial charge on any atom is 0.203 e. The number of rotatable bonds is 7. The normalized spacial score (nSPS) is 25.2. The molecular formula is C20H24O3S. The highest BCUT2D eigenvalue weighted by molar-refractivity contribution is 7.86. The van der Waals surface area contributed by atoms with Gasteiger partial charge in [-0.05, 0) is 31.0 Å². The molecule has 3 nitrogen and oxygen atoms in total. The molecule has 4 atom stereocenters. The SMILES string of the molecule is CCCC[C@@H]1O[C@]1([C@@H](O)c1ccccc1)S(=O)c1ccc(C)cc1. The number of unbranched alkanes of at least 4 members (excludes halogenated alkanes) is 1. The standard InChI is InChI=1S/C20H24O3S/c1-3-4-10-18-20(23-18,19(21)16-8-6-5-7-9-16)24(22)17-13-11-15(2)12-14-17/h5-9,11-14,18-19,21H,3-4,10H2,1-2H3/t18-,19-,20-,24?/m0/s1. The van der Waals surface area contributed by atoms with Gasteiger partial charge in [0, 0.05) is 4.90 Å². The topological polar surface area (TPSA) is 49.8 Å². The fraction of sp³-hybridized carbons (Fsp3) is 0.400. The van der Waals surface area contributed by atoms with E-state index in [2.05, 4.69) is 6.92 Å². The summed E-state index contributed by atoms with van der Waals surface area (Å²) in [5.74, 6) is 0. The Labute approximate surface area is 146 Å². The maximum atomic E-state index is 13.3. The van der Waals surface area contributed by atoms with Crippen molar-refractivity contribution in [2.24, 2.45) is 0 Å². The molecule has 0 radical (unpaired) electrons. The summed E-state index contributed by atoms with van der Waals surface area (Å²) >= 11 is 0. The summed E-state index contributed by atoms with van der Waals surface area (Å²) in [5, 5.41) is 10.9. The van der Waals surface area contributed by atoms with Gasteiger partial charge in [0.25, 0.3) is 0 Å². The van der Waals surface area contributed by atoms with E-state index in [-0.39, 0.29) is 6.10 Å². The second-order valence-electron chi connectivity index (χ2n) is 6.37. The van der Waals surface area contributed by atoms with Gasteiger partial charge in [-0.25, -0.2) is 0 Å². The average molecular weight is 344 g/mol. The van der Waals surface area contributed by atoms with Crippen LogP contribution in [0.3, 0.4) is 0 Å². The van der Waals surface area contributed by atoms with Crippen LogP contribution < -0.4 is 0 Å². The number of epoxide rings is 1. The van der Waals surface area contributed by atoms with Crippen molar-refractivity contribution in [1.29, 1.82) is 0 Å². The molecule has 0 saturated carbocycles. The van der Waals surface area contributed by atoms with E-state index in [1.165, 1.54) is 0 Å². The molecule has 0 spiro atoms. The minimum Gasteiger partial charge on any atom is -0.384 e. The van der Waals surface area contributed by atoms with Crippen molar-refractivity contribution in [2.45, 2.75) is 55.1 Å². The Kier molecular flexibility index (Phi) is 5.18. The van der Waals surface area contributed by atoms with E-state index in [9.17, 15) is 9.32 Å². The molecule has 1 saturated heterocycles. The second-order valence-corrected chi connectivity index (χ2v) is 8.01. The van der Waals surface area contributed by atoms with Crippen LogP contribution in [-0.4, -0.2) is 20.4 Å². The van der Waals surface area contributed by atoms with Gasteiger partial charge in [-0.15, -0.1) is 0 Å². The van der Waals surface area contributed by atoms with Gasteiger partial charge in [0.05, 0.1) is 10.8 Å². The molecule has 1 heterocycles. The van der Waals surface area contributed by atoms with Gasteiger partial charge in [0.2, 0.25) is 4.93 Å². The summed E-state index contributed by atoms with van der Waals surface area (Å²) in [4.78, 5) is -0.333. The lowest BCUT2D eigenvalue weighted by atomic mass is 10.0. The fourth-order valence-corrected chi connectivity index (χ4v) is 4.71. The van der Waals surface area contributed by atoms with Gasteiger partial charge in [-0.2, -0.15) is 0 Å². The monoisotopic (exact) mass is 344 g/mol. The molecule has 0 amide bonds. The first-order chi connectivity index (χ1) is 11.6. The number of hydrogen-bond acceptors (Lipinski definition) is 3. The van der Waals surface area contributed by atoms with E-state index < -0.39 is 21.8 Å². The number of aryl methyl sites for hydroxylation is 1. The Balaban J connectivity index is 1.92. The molecule has 0 aromatic heterocycles. The summed E-state index contributed by atoms with van der Waals surface area (Å²) in [7, 11) is -1.43. The molecule has 128 valence electrons. The molecule has 1 fully saturated rings. The van der Waals surface area contributed by atoms with Crippen LogP contribution in [0.2, 0.25) is 0 Å². The first kappa shape index (κ1) is 17.3. The zero-order valence-corrected chi connectivity index (χ0v) is 15.0. The molecule has 1 aliphatic rings. The minimum atomic E-state index is -1.43. The molecule has 1 N–H and O–H groups in total. The van der Waals surface area contributed by atoms with Crippen LogP contribution in [-0.2, 0) is 15.5 Å². The zero-order chi connectivity index (χ0) is 17.2. The summed E-state index contributed by atoms with van der Waals surface area (Å²) in [6.07, 6.45) is 1.79. The van der Waals surface area contributed by atoms with Crippen molar-refractivity contribution >= 4 is 10.8 Å². The van der Waals surface area contributed by atoms with Gasteiger partial charge in [0.1, 0.15) is 12.2 Å². The Morgan fingerprint density at radius 2 is 1.83 bits per heavy atom. The number of hydrogen-bond donors (Lipinski definition) is 1. The highest BCUT2D eigenvalue weighted by atomic mass is 32.2. The van der Waals surface area contributed by atoms with Gasteiger partial charge in [-0.1, -0.05) is 67.8 Å². The van der Waals surface area contributed by atoms with Crippen molar-refractivity contribution in [3.05, 3.63) is 65.7 Å². The van der Waals surface area contributed by atoms with Crippen LogP contribution in [0.5, 0.6) is 0 Å². The molecule has 2 aromatic carbocycles. The second kappa shape index (κ2) is 7.18. The lowest BCUT2D eigenvalue weighted by Crippen LogP contribution is -2.31. The number of ether oxygens (including phenoxy) is 1. The molecular weight excluding hydrogens is 320 g/mol. The van der Waals surface area contributed by atoms with Crippen molar-refractivity contribution in [3.8, 4) is 0 Å². The molecule has 3 rings (SSSR count). The molecule has 2 aromatic rings. The minimum absolute atomic E-state index is 0.171. The van der Waals surface area contributed by atoms with E-state index in [1.54, 1.807) is 0 Å². The van der Waals surface area contributed by atoms with E-state index >= 15 is 0 Å². The third-order valence-electron chi connectivity index (χ3n) is 4.56. The van der Waals surface area contributed by atoms with Gasteiger partial charge in [-0.3, -0.25) is 4.21 Å². The summed E-state index contributed by atoms with van der Waals surface area (Å²) in [5.41, 5.74) is 1.87. The van der Waals surface area contributed by atoms with Crippen molar-refractivity contribution in [1.82, 2.24) is 0 Å². The van der Waals surface area contributed by atoms with Crippen molar-refractivity contribution in [3.63, 3.8) is 0 Å². The Morgan fingerprint density at radius 1 is 1.17 bits per heavy atom. The molecule has 1 aliphatic heterocycles. The highest BCUT2D eigenvalue weighted by Gasteiger charge is 2.66. The lowest BCUT2D eigenvalue weighted by molar-refractivity contribution is 0.118. The predicted molar refractivity (Wildman–Crippen MR) is 96.1 cm³/mol. The van der Waals surface area contributed by atoms with E-state index in [0.717, 1.165) is 30.4 Å². The van der Waals surface area contributed by atoms with Gasteiger partial charge < -0.3 is 9.84 Å². The average Bonchev–Trinajstić information content (AvgIpc) is 3.35. The van der Waals surface area contributed by atoms with Crippen LogP contribution >= 0.6 is 0 Å². The number of aliphatic hydroxyl groups is 1. The Bertz CT molecular complexity index is 699. The lowest BCUT2D eigenvalue weighted by Gasteiger charge is -2.20. The molecule has 0 bridgehead atoms. The number of aliphatic hydroxyl groups excluding tert-OH is 1. The third kappa shape index (κ3) is 3.18. The molecule has 4 heteroatoms. The predicted octanol–water partition coefficient (Wildman–Crippen LogP) is 4.12. The molecule has 24 heavy (non-hydrogen) atoms. The largest absolute Gasteiger partial charge is 0.384 e. The van der Waals surface area contributed by atoms with Crippen LogP contribution in [0.15, 0.2) is 59.5 Å². The van der Waals surface area contributed by atoms with Crippen molar-refractivity contribution < 1.29 is 14.1 Å². The Morgan fingerprint density at radius 3 is 2.46 bits per heavy atom. The fourth-order valence-electron chi connectivity index (χ4n) is 3.06. The van der Waals surface area contributed by atoms with Crippen LogP contribution in [0.25, 0.3) is 0 Å². The van der Waals surface area contributed by atoms with E-state index in [0.29, 0.717) is 4.90 Å².